The van der Waals surface area contributed by atoms with E-state index in [1.165, 1.54) is 23.2 Å². The van der Waals surface area contributed by atoms with Gasteiger partial charge in [-0.1, -0.05) is 88.4 Å². The van der Waals surface area contributed by atoms with Crippen LogP contribution in [0.25, 0.3) is 11.4 Å². The molecule has 204 valence electrons. The van der Waals surface area contributed by atoms with Gasteiger partial charge in [-0.3, -0.25) is 4.90 Å². The van der Waals surface area contributed by atoms with Crippen LogP contribution in [0.5, 0.6) is 0 Å². The van der Waals surface area contributed by atoms with E-state index in [1.54, 1.807) is 0 Å². The minimum Gasteiger partial charge on any atom is -0.378 e. The number of morpholine rings is 1. The molecule has 2 aliphatic rings. The molecule has 5 nitrogen and oxygen atoms in total. The van der Waals surface area contributed by atoms with Crippen molar-refractivity contribution in [1.29, 1.82) is 0 Å². The van der Waals surface area contributed by atoms with Gasteiger partial charge >= 0.3 is 0 Å². The van der Waals surface area contributed by atoms with Gasteiger partial charge in [0.1, 0.15) is 5.82 Å². The summed E-state index contributed by atoms with van der Waals surface area (Å²) in [4.78, 5) is 5.20. The molecule has 3 heterocycles. The molecule has 0 radical (unpaired) electrons. The van der Waals surface area contributed by atoms with Crippen molar-refractivity contribution in [3.63, 3.8) is 0 Å². The Kier molecular flexibility index (Phi) is 10.6. The molecule has 0 saturated carbocycles. The first kappa shape index (κ1) is 28.5. The Bertz CT molecular complexity index is 1130. The molecule has 0 spiro atoms. The summed E-state index contributed by atoms with van der Waals surface area (Å²) in [7, 11) is 0.638. The fourth-order valence-corrected chi connectivity index (χ4v) is 6.91. The number of aromatic nitrogens is 2. The van der Waals surface area contributed by atoms with Crippen LogP contribution in [0.4, 0.5) is 0 Å². The summed E-state index contributed by atoms with van der Waals surface area (Å²) in [5, 5.41) is 5.12. The van der Waals surface area contributed by atoms with Gasteiger partial charge in [0.05, 0.1) is 30.1 Å². The van der Waals surface area contributed by atoms with Crippen molar-refractivity contribution in [2.24, 2.45) is 5.92 Å². The van der Waals surface area contributed by atoms with Crippen molar-refractivity contribution >= 4 is 25.4 Å². The Morgan fingerprint density at radius 2 is 2.00 bits per heavy atom. The van der Waals surface area contributed by atoms with Gasteiger partial charge in [-0.15, -0.1) is 0 Å². The zero-order chi connectivity index (χ0) is 26.9. The number of nitrogens with zero attached hydrogens (tertiary/aromatic N) is 4. The third-order valence-electron chi connectivity index (χ3n) is 7.70. The van der Waals surface area contributed by atoms with Crippen molar-refractivity contribution in [3.8, 4) is 0 Å². The number of fused-ring (bicyclic) bond motifs is 1. The number of benzene rings is 1. The Balaban J connectivity index is 1.71. The second-order valence-electron chi connectivity index (χ2n) is 10.3. The first-order chi connectivity index (χ1) is 18.6. The number of hydrogen-bond acceptors (Lipinski definition) is 4. The molecule has 4 unspecified atom stereocenters. The molecule has 4 rings (SSSR count). The Hall–Kier alpha value is -2.46. The quantitative estimate of drug-likeness (QED) is 0.236. The van der Waals surface area contributed by atoms with Crippen LogP contribution in [-0.2, 0) is 4.74 Å². The average Bonchev–Trinajstić information content (AvgIpc) is 3.39. The lowest BCUT2D eigenvalue weighted by Crippen LogP contribution is -2.44. The molecule has 0 bridgehead atoms. The fourth-order valence-electron chi connectivity index (χ4n) is 5.45. The third-order valence-corrected chi connectivity index (χ3v) is 9.18. The molecule has 1 aromatic heterocycles. The van der Waals surface area contributed by atoms with E-state index in [-0.39, 0.29) is 0 Å². The molecule has 2 aliphatic heterocycles. The van der Waals surface area contributed by atoms with Crippen molar-refractivity contribution in [1.82, 2.24) is 19.6 Å². The maximum absolute atomic E-state index is 5.70. The summed E-state index contributed by atoms with van der Waals surface area (Å²) in [5.74, 6) is 2.69. The van der Waals surface area contributed by atoms with E-state index in [1.807, 2.05) is 19.1 Å². The first-order valence-electron chi connectivity index (χ1n) is 14.3. The predicted molar refractivity (Wildman–Crippen MR) is 164 cm³/mol. The highest BCUT2D eigenvalue weighted by molar-refractivity contribution is 7.48. The van der Waals surface area contributed by atoms with E-state index in [9.17, 15) is 0 Å². The van der Waals surface area contributed by atoms with Gasteiger partial charge in [-0.05, 0) is 58.0 Å². The van der Waals surface area contributed by atoms with Gasteiger partial charge in [0.25, 0.3) is 0 Å². The fraction of sp³-hybridized carbons (Fsp3) is 0.469. The molecule has 1 aromatic carbocycles. The van der Waals surface area contributed by atoms with Crippen LogP contribution < -0.4 is 5.44 Å². The first-order valence-corrected chi connectivity index (χ1v) is 15.3. The summed E-state index contributed by atoms with van der Waals surface area (Å²) in [6.07, 6.45) is 12.9. The Labute approximate surface area is 231 Å². The molecule has 38 heavy (non-hydrogen) atoms. The second kappa shape index (κ2) is 14.1. The van der Waals surface area contributed by atoms with Crippen molar-refractivity contribution in [2.45, 2.75) is 52.2 Å². The van der Waals surface area contributed by atoms with Crippen LogP contribution >= 0.6 is 8.58 Å². The summed E-state index contributed by atoms with van der Waals surface area (Å²) in [6, 6.07) is 13.4. The molecular weight excluding hydrogens is 487 g/mol. The summed E-state index contributed by atoms with van der Waals surface area (Å²) in [5.41, 5.74) is 4.86. The minimum atomic E-state index is 0.355. The predicted octanol–water partition coefficient (Wildman–Crippen LogP) is 6.34. The molecular formula is C32H45N4OP. The molecule has 4 atom stereocenters. The van der Waals surface area contributed by atoms with Crippen LogP contribution in [-0.4, -0.2) is 64.8 Å². The highest BCUT2D eigenvalue weighted by Crippen LogP contribution is 2.36. The molecule has 1 saturated heterocycles. The maximum Gasteiger partial charge on any atom is 0.128 e. The standard InChI is InChI=1S/C32H45N4OP/c1-6-13-27(14-7-2)29-22-32-36(33-29)30(34-18-20-37-21-19-34)23-31(38-32)35(17-8-3)24-28(25(5)9-4)26-15-11-10-12-16-26/h6-7,10-16,22-23,25,28,31,38H,1,8-9,17-21,24H2,2-5H3/b14-7-,27-13+. The van der Waals surface area contributed by atoms with Gasteiger partial charge < -0.3 is 9.64 Å². The van der Waals surface area contributed by atoms with Crippen LogP contribution in [0.1, 0.15) is 57.7 Å². The number of rotatable bonds is 12. The number of ether oxygens (including phenoxy) is 1. The molecule has 1 fully saturated rings. The summed E-state index contributed by atoms with van der Waals surface area (Å²) >= 11 is 0. The zero-order valence-corrected chi connectivity index (χ0v) is 24.6. The highest BCUT2D eigenvalue weighted by atomic mass is 31.1. The molecule has 2 aromatic rings. The smallest absolute Gasteiger partial charge is 0.128 e. The lowest BCUT2D eigenvalue weighted by Gasteiger charge is -2.39. The lowest BCUT2D eigenvalue weighted by atomic mass is 9.85. The zero-order valence-electron chi connectivity index (χ0n) is 23.6. The number of allylic oxidation sites excluding steroid dienone is 5. The van der Waals surface area contributed by atoms with E-state index in [4.69, 9.17) is 9.84 Å². The Morgan fingerprint density at radius 3 is 2.66 bits per heavy atom. The Morgan fingerprint density at radius 1 is 1.24 bits per heavy atom. The normalized spacial score (nSPS) is 20.6. The van der Waals surface area contributed by atoms with E-state index in [0.717, 1.165) is 57.1 Å². The maximum atomic E-state index is 5.70. The van der Waals surface area contributed by atoms with Gasteiger partial charge in [0, 0.05) is 25.2 Å². The van der Waals surface area contributed by atoms with E-state index in [0.29, 0.717) is 26.2 Å². The van der Waals surface area contributed by atoms with Crippen LogP contribution in [0.2, 0.25) is 0 Å². The molecule has 0 aliphatic carbocycles. The van der Waals surface area contributed by atoms with Gasteiger partial charge in [0.2, 0.25) is 0 Å². The van der Waals surface area contributed by atoms with Crippen molar-refractivity contribution in [3.05, 3.63) is 84.6 Å². The second-order valence-corrected chi connectivity index (χ2v) is 11.7. The van der Waals surface area contributed by atoms with E-state index >= 15 is 0 Å². The highest BCUT2D eigenvalue weighted by Gasteiger charge is 2.31. The van der Waals surface area contributed by atoms with Gasteiger partial charge in [-0.2, -0.15) is 5.10 Å². The van der Waals surface area contributed by atoms with Gasteiger partial charge in [-0.25, -0.2) is 4.68 Å². The van der Waals surface area contributed by atoms with Gasteiger partial charge in [0.15, 0.2) is 0 Å². The van der Waals surface area contributed by atoms with Crippen LogP contribution in [0.15, 0.2) is 73.4 Å². The topological polar surface area (TPSA) is 33.5 Å². The SMILES string of the molecule is C=C/C=C(\C=C/C)c1cc2n(n1)C(N1CCOCC1)=CC(N(CCC)CC(c1ccccc1)C(C)CC)P2. The van der Waals surface area contributed by atoms with Crippen molar-refractivity contribution < 1.29 is 4.74 Å². The van der Waals surface area contributed by atoms with E-state index < -0.39 is 0 Å². The average molecular weight is 533 g/mol. The monoisotopic (exact) mass is 532 g/mol. The van der Waals surface area contributed by atoms with Crippen molar-refractivity contribution in [2.75, 3.05) is 39.4 Å². The van der Waals surface area contributed by atoms with Crippen LogP contribution in [0, 0.1) is 5.92 Å². The molecule has 0 amide bonds. The molecule has 6 heteroatoms. The number of hydrogen-bond donors (Lipinski definition) is 0. The largest absolute Gasteiger partial charge is 0.378 e. The molecule has 0 N–H and O–H groups in total. The van der Waals surface area contributed by atoms with Crippen LogP contribution in [0.3, 0.4) is 0 Å². The summed E-state index contributed by atoms with van der Waals surface area (Å²) in [6.45, 7) is 18.5. The lowest BCUT2D eigenvalue weighted by molar-refractivity contribution is 0.0609. The minimum absolute atomic E-state index is 0.355. The third kappa shape index (κ3) is 6.75. The van der Waals surface area contributed by atoms with E-state index in [2.05, 4.69) is 96.5 Å². The summed E-state index contributed by atoms with van der Waals surface area (Å²) < 4.78 is 7.90.